The van der Waals surface area contributed by atoms with Gasteiger partial charge in [0.05, 0.1) is 12.8 Å². The van der Waals surface area contributed by atoms with E-state index in [1.165, 1.54) is 10.7 Å². The molecular formula is C21H21N3O3. The minimum absolute atomic E-state index is 0.300. The molecule has 1 aromatic heterocycles. The standard InChI is InChI=1S/C21H21N3O3/c1-3-19(21(26)22-16-10-7-11-17(14-16)27-2)24-20(25)13-12-18(23-24)15-8-5-4-6-9-15/h4-14,19H,3H2,1-2H3,(H,22,26)/t19-/m1/s1. The van der Waals surface area contributed by atoms with Crippen LogP contribution in [0.3, 0.4) is 0 Å². The zero-order valence-electron chi connectivity index (χ0n) is 15.3. The van der Waals surface area contributed by atoms with Crippen LogP contribution in [0.15, 0.2) is 71.5 Å². The molecule has 0 aliphatic heterocycles. The number of carbonyl (C=O) groups is 1. The van der Waals surface area contributed by atoms with Crippen molar-refractivity contribution in [3.8, 4) is 17.0 Å². The summed E-state index contributed by atoms with van der Waals surface area (Å²) in [6, 6.07) is 19.0. The maximum absolute atomic E-state index is 12.8. The first-order chi connectivity index (χ1) is 13.1. The van der Waals surface area contributed by atoms with E-state index in [0.29, 0.717) is 23.6 Å². The number of amides is 1. The summed E-state index contributed by atoms with van der Waals surface area (Å²) in [4.78, 5) is 25.2. The Morgan fingerprint density at radius 3 is 2.59 bits per heavy atom. The molecule has 0 aliphatic carbocycles. The molecule has 0 spiro atoms. The molecule has 1 N–H and O–H groups in total. The molecule has 138 valence electrons. The van der Waals surface area contributed by atoms with Gasteiger partial charge in [-0.2, -0.15) is 5.10 Å². The zero-order valence-corrected chi connectivity index (χ0v) is 15.3. The first kappa shape index (κ1) is 18.4. The Morgan fingerprint density at radius 1 is 1.11 bits per heavy atom. The van der Waals surface area contributed by atoms with Gasteiger partial charge in [-0.25, -0.2) is 4.68 Å². The van der Waals surface area contributed by atoms with Crippen LogP contribution < -0.4 is 15.6 Å². The molecule has 0 radical (unpaired) electrons. The second-order valence-electron chi connectivity index (χ2n) is 6.01. The number of hydrogen-bond acceptors (Lipinski definition) is 4. The fourth-order valence-corrected chi connectivity index (χ4v) is 2.81. The molecule has 1 amide bonds. The van der Waals surface area contributed by atoms with E-state index in [2.05, 4.69) is 10.4 Å². The van der Waals surface area contributed by atoms with Gasteiger partial charge < -0.3 is 10.1 Å². The quantitative estimate of drug-likeness (QED) is 0.727. The number of aromatic nitrogens is 2. The van der Waals surface area contributed by atoms with E-state index < -0.39 is 6.04 Å². The van der Waals surface area contributed by atoms with Gasteiger partial charge in [-0.3, -0.25) is 9.59 Å². The van der Waals surface area contributed by atoms with Crippen LogP contribution in [0.4, 0.5) is 5.69 Å². The first-order valence-corrected chi connectivity index (χ1v) is 8.72. The Balaban J connectivity index is 1.90. The van der Waals surface area contributed by atoms with Crippen LogP contribution in [-0.2, 0) is 4.79 Å². The van der Waals surface area contributed by atoms with Crippen molar-refractivity contribution in [1.82, 2.24) is 9.78 Å². The average molecular weight is 363 g/mol. The zero-order chi connectivity index (χ0) is 19.2. The first-order valence-electron chi connectivity index (χ1n) is 8.72. The van der Waals surface area contributed by atoms with E-state index >= 15 is 0 Å². The van der Waals surface area contributed by atoms with Crippen molar-refractivity contribution in [3.05, 3.63) is 77.1 Å². The summed E-state index contributed by atoms with van der Waals surface area (Å²) in [5.74, 6) is 0.341. The van der Waals surface area contributed by atoms with Crippen LogP contribution >= 0.6 is 0 Å². The number of nitrogens with one attached hydrogen (secondary N) is 1. The van der Waals surface area contributed by atoms with E-state index in [1.807, 2.05) is 37.3 Å². The average Bonchev–Trinajstić information content (AvgIpc) is 2.70. The Labute approximate surface area is 157 Å². The van der Waals surface area contributed by atoms with Crippen LogP contribution in [0.2, 0.25) is 0 Å². The summed E-state index contributed by atoms with van der Waals surface area (Å²) in [6.45, 7) is 1.85. The summed E-state index contributed by atoms with van der Waals surface area (Å²) in [5.41, 5.74) is 1.81. The Bertz CT molecular complexity index is 983. The van der Waals surface area contributed by atoms with Crippen LogP contribution in [0.1, 0.15) is 19.4 Å². The van der Waals surface area contributed by atoms with Gasteiger partial charge in [0.25, 0.3) is 5.56 Å². The molecule has 0 saturated heterocycles. The summed E-state index contributed by atoms with van der Waals surface area (Å²) in [7, 11) is 1.56. The molecular weight excluding hydrogens is 342 g/mol. The molecule has 0 unspecified atom stereocenters. The molecule has 6 heteroatoms. The van der Waals surface area contributed by atoms with Gasteiger partial charge in [0.15, 0.2) is 0 Å². The van der Waals surface area contributed by atoms with Gasteiger partial charge in [-0.15, -0.1) is 0 Å². The largest absolute Gasteiger partial charge is 0.497 e. The lowest BCUT2D eigenvalue weighted by atomic mass is 10.1. The van der Waals surface area contributed by atoms with Crippen LogP contribution in [-0.4, -0.2) is 22.8 Å². The van der Waals surface area contributed by atoms with Crippen molar-refractivity contribution in [2.24, 2.45) is 0 Å². The highest BCUT2D eigenvalue weighted by Gasteiger charge is 2.21. The SMILES string of the molecule is CC[C@H](C(=O)Nc1cccc(OC)c1)n1nc(-c2ccccc2)ccc1=O. The van der Waals surface area contributed by atoms with E-state index in [0.717, 1.165) is 5.56 Å². The number of anilines is 1. The highest BCUT2D eigenvalue weighted by molar-refractivity contribution is 5.93. The van der Waals surface area contributed by atoms with Gasteiger partial charge in [0, 0.05) is 23.4 Å². The van der Waals surface area contributed by atoms with Crippen molar-refractivity contribution in [3.63, 3.8) is 0 Å². The molecule has 0 fully saturated rings. The monoisotopic (exact) mass is 363 g/mol. The second kappa shape index (κ2) is 8.31. The summed E-state index contributed by atoms with van der Waals surface area (Å²) < 4.78 is 6.42. The minimum Gasteiger partial charge on any atom is -0.497 e. The van der Waals surface area contributed by atoms with Crippen LogP contribution in [0.25, 0.3) is 11.3 Å². The van der Waals surface area contributed by atoms with Gasteiger partial charge in [0.2, 0.25) is 5.91 Å². The summed E-state index contributed by atoms with van der Waals surface area (Å²) in [6.07, 6.45) is 0.431. The van der Waals surface area contributed by atoms with Gasteiger partial charge >= 0.3 is 0 Å². The fraction of sp³-hybridized carbons (Fsp3) is 0.190. The van der Waals surface area contributed by atoms with Crippen molar-refractivity contribution >= 4 is 11.6 Å². The topological polar surface area (TPSA) is 73.2 Å². The van der Waals surface area contributed by atoms with E-state index in [9.17, 15) is 9.59 Å². The molecule has 0 aliphatic rings. The second-order valence-corrected chi connectivity index (χ2v) is 6.01. The Hall–Kier alpha value is -3.41. The van der Waals surface area contributed by atoms with Gasteiger partial charge in [0.1, 0.15) is 11.8 Å². The normalized spacial score (nSPS) is 11.6. The molecule has 3 rings (SSSR count). The van der Waals surface area contributed by atoms with Gasteiger partial charge in [-0.1, -0.05) is 43.3 Å². The van der Waals surface area contributed by atoms with Crippen molar-refractivity contribution < 1.29 is 9.53 Å². The third-order valence-corrected chi connectivity index (χ3v) is 4.22. The number of nitrogens with zero attached hydrogens (tertiary/aromatic N) is 2. The molecule has 0 saturated carbocycles. The lowest BCUT2D eigenvalue weighted by molar-refractivity contribution is -0.119. The summed E-state index contributed by atoms with van der Waals surface area (Å²) >= 11 is 0. The molecule has 2 aromatic carbocycles. The molecule has 6 nitrogen and oxygen atoms in total. The number of rotatable bonds is 6. The fourth-order valence-electron chi connectivity index (χ4n) is 2.81. The third kappa shape index (κ3) is 4.23. The molecule has 3 aromatic rings. The Morgan fingerprint density at radius 2 is 1.89 bits per heavy atom. The predicted molar refractivity (Wildman–Crippen MR) is 105 cm³/mol. The number of hydrogen-bond donors (Lipinski definition) is 1. The molecule has 0 bridgehead atoms. The minimum atomic E-state index is -0.715. The van der Waals surface area contributed by atoms with Crippen LogP contribution in [0.5, 0.6) is 5.75 Å². The lowest BCUT2D eigenvalue weighted by Gasteiger charge is -2.17. The maximum Gasteiger partial charge on any atom is 0.267 e. The number of carbonyl (C=O) groups excluding carboxylic acids is 1. The van der Waals surface area contributed by atoms with E-state index in [-0.39, 0.29) is 11.5 Å². The molecule has 1 atom stereocenters. The van der Waals surface area contributed by atoms with Gasteiger partial charge in [-0.05, 0) is 24.6 Å². The van der Waals surface area contributed by atoms with Crippen molar-refractivity contribution in [2.45, 2.75) is 19.4 Å². The predicted octanol–water partition coefficient (Wildman–Crippen LogP) is 3.51. The summed E-state index contributed by atoms with van der Waals surface area (Å²) in [5, 5.41) is 7.26. The number of methoxy groups -OCH3 is 1. The van der Waals surface area contributed by atoms with Crippen LogP contribution in [0, 0.1) is 0 Å². The lowest BCUT2D eigenvalue weighted by Crippen LogP contribution is -2.34. The smallest absolute Gasteiger partial charge is 0.267 e. The highest BCUT2D eigenvalue weighted by Crippen LogP contribution is 2.20. The molecule has 27 heavy (non-hydrogen) atoms. The van der Waals surface area contributed by atoms with E-state index in [4.69, 9.17) is 4.74 Å². The molecule has 1 heterocycles. The maximum atomic E-state index is 12.8. The highest BCUT2D eigenvalue weighted by atomic mass is 16.5. The number of ether oxygens (including phenoxy) is 1. The van der Waals surface area contributed by atoms with E-state index in [1.54, 1.807) is 37.4 Å². The number of benzene rings is 2. The third-order valence-electron chi connectivity index (χ3n) is 4.22. The van der Waals surface area contributed by atoms with Crippen molar-refractivity contribution in [1.29, 1.82) is 0 Å². The van der Waals surface area contributed by atoms with Crippen molar-refractivity contribution in [2.75, 3.05) is 12.4 Å². The Kier molecular flexibility index (Phi) is 5.66.